The molecule has 0 spiro atoms. The minimum atomic E-state index is -0.131. The second-order valence-electron chi connectivity index (χ2n) is 8.89. The lowest BCUT2D eigenvalue weighted by Gasteiger charge is -2.48. The van der Waals surface area contributed by atoms with Gasteiger partial charge < -0.3 is 15.8 Å². The molecule has 6 N–H and O–H groups in total. The minimum absolute atomic E-state index is 0.00136. The fourth-order valence-electron chi connectivity index (χ4n) is 4.99. The number of carbonyl (C=O) groups excluding carboxylic acids is 1. The summed E-state index contributed by atoms with van der Waals surface area (Å²) in [5.41, 5.74) is 8.70. The van der Waals surface area contributed by atoms with E-state index in [0.717, 1.165) is 56.0 Å². The highest BCUT2D eigenvalue weighted by atomic mass is 32.2. The second kappa shape index (κ2) is 10.7. The molecule has 2 aromatic carbocycles. The summed E-state index contributed by atoms with van der Waals surface area (Å²) in [6.45, 7) is 3.96. The van der Waals surface area contributed by atoms with E-state index < -0.39 is 0 Å². The molecule has 1 amide bonds. The molecule has 1 saturated carbocycles. The van der Waals surface area contributed by atoms with E-state index in [-0.39, 0.29) is 17.2 Å². The number of ether oxygens (including phenoxy) is 1. The summed E-state index contributed by atoms with van der Waals surface area (Å²) in [5.74, 6) is -0.131. The molecule has 176 valence electrons. The predicted molar refractivity (Wildman–Crippen MR) is 134 cm³/mol. The number of anilines is 1. The number of amides is 1. The third-order valence-corrected chi connectivity index (χ3v) is 7.41. The molecule has 1 aliphatic heterocycles. The topological polar surface area (TPSA) is 117 Å². The number of hydrogen-bond donors (Lipinski definition) is 4. The lowest BCUT2D eigenvalue weighted by molar-refractivity contribution is -0.0361. The zero-order chi connectivity index (χ0) is 23.3. The molecule has 2 aliphatic rings. The fraction of sp³-hybridized carbons (Fsp3) is 0.440. The van der Waals surface area contributed by atoms with Gasteiger partial charge in [-0.05, 0) is 55.1 Å². The molecule has 0 atom stereocenters. The number of nitrogen functional groups attached to an aromatic ring is 1. The number of benzene rings is 2. The SMILES string of the molecule is N=C(c1cccc(SN)c1)c1cc(C(=O)NCC2(N3CCOCC3)CCCCC2)ccc1N. The largest absolute Gasteiger partial charge is 0.398 e. The van der Waals surface area contributed by atoms with Gasteiger partial charge in [0, 0.05) is 52.4 Å². The predicted octanol–water partition coefficient (Wildman–Crippen LogP) is 3.42. The number of hydrogen-bond acceptors (Lipinski definition) is 7. The van der Waals surface area contributed by atoms with Crippen molar-refractivity contribution in [3.8, 4) is 0 Å². The monoisotopic (exact) mass is 467 g/mol. The summed E-state index contributed by atoms with van der Waals surface area (Å²) in [5, 5.41) is 17.5. The maximum Gasteiger partial charge on any atom is 0.251 e. The summed E-state index contributed by atoms with van der Waals surface area (Å²) >= 11 is 1.14. The molecule has 0 bridgehead atoms. The zero-order valence-corrected chi connectivity index (χ0v) is 19.8. The zero-order valence-electron chi connectivity index (χ0n) is 18.9. The summed E-state index contributed by atoms with van der Waals surface area (Å²) in [4.78, 5) is 16.5. The number of rotatable bonds is 7. The molecule has 2 fully saturated rings. The van der Waals surface area contributed by atoms with E-state index in [2.05, 4.69) is 10.2 Å². The molecule has 0 radical (unpaired) electrons. The van der Waals surface area contributed by atoms with Gasteiger partial charge in [0.2, 0.25) is 0 Å². The lowest BCUT2D eigenvalue weighted by atomic mass is 9.79. The van der Waals surface area contributed by atoms with E-state index in [1.807, 2.05) is 24.3 Å². The third-order valence-electron chi connectivity index (χ3n) is 6.89. The van der Waals surface area contributed by atoms with Crippen molar-refractivity contribution in [1.82, 2.24) is 10.2 Å². The van der Waals surface area contributed by atoms with Crippen LogP contribution < -0.4 is 16.2 Å². The van der Waals surface area contributed by atoms with Crippen molar-refractivity contribution in [2.75, 3.05) is 38.6 Å². The molecule has 0 unspecified atom stereocenters. The van der Waals surface area contributed by atoms with Crippen molar-refractivity contribution in [2.45, 2.75) is 42.5 Å². The number of carbonyl (C=O) groups is 1. The van der Waals surface area contributed by atoms with Crippen LogP contribution in [0, 0.1) is 5.41 Å². The Labute approximate surface area is 199 Å². The Morgan fingerprint density at radius 3 is 2.58 bits per heavy atom. The number of morpholine rings is 1. The average Bonchev–Trinajstić information content (AvgIpc) is 2.88. The van der Waals surface area contributed by atoms with Crippen molar-refractivity contribution >= 4 is 29.3 Å². The standard InChI is InChI=1S/C25H33N5O2S/c26-22-8-7-19(16-21(22)23(27)18-5-4-6-20(15-18)33-28)24(31)29-17-25(9-2-1-3-10-25)30-11-13-32-14-12-30/h4-8,15-16,27H,1-3,9-14,17,26,28H2,(H,29,31). The van der Waals surface area contributed by atoms with Gasteiger partial charge >= 0.3 is 0 Å². The van der Waals surface area contributed by atoms with Crippen molar-refractivity contribution < 1.29 is 9.53 Å². The summed E-state index contributed by atoms with van der Waals surface area (Å²) < 4.78 is 5.56. The Morgan fingerprint density at radius 1 is 1.09 bits per heavy atom. The molecule has 4 rings (SSSR count). The first-order valence-corrected chi connectivity index (χ1v) is 12.5. The number of nitrogens with one attached hydrogen (secondary N) is 2. The van der Waals surface area contributed by atoms with Crippen LogP contribution >= 0.6 is 11.9 Å². The maximum atomic E-state index is 13.1. The van der Waals surface area contributed by atoms with Gasteiger partial charge in [-0.1, -0.05) is 31.4 Å². The van der Waals surface area contributed by atoms with Gasteiger partial charge in [-0.2, -0.15) is 0 Å². The van der Waals surface area contributed by atoms with Crippen molar-refractivity contribution in [1.29, 1.82) is 5.41 Å². The highest BCUT2D eigenvalue weighted by Gasteiger charge is 2.38. The number of nitrogens with two attached hydrogens (primary N) is 2. The van der Waals surface area contributed by atoms with Crippen LogP contribution in [0.25, 0.3) is 0 Å². The van der Waals surface area contributed by atoms with E-state index in [1.54, 1.807) is 18.2 Å². The summed E-state index contributed by atoms with van der Waals surface area (Å²) in [6.07, 6.45) is 5.83. The summed E-state index contributed by atoms with van der Waals surface area (Å²) in [6, 6.07) is 12.6. The lowest BCUT2D eigenvalue weighted by Crippen LogP contribution is -2.59. The fourth-order valence-corrected chi connectivity index (χ4v) is 5.35. The molecule has 33 heavy (non-hydrogen) atoms. The van der Waals surface area contributed by atoms with Gasteiger partial charge in [0.1, 0.15) is 0 Å². The molecule has 1 aliphatic carbocycles. The van der Waals surface area contributed by atoms with Crippen molar-refractivity contribution in [3.63, 3.8) is 0 Å². The molecule has 1 heterocycles. The molecular weight excluding hydrogens is 434 g/mol. The smallest absolute Gasteiger partial charge is 0.251 e. The molecule has 8 heteroatoms. The average molecular weight is 468 g/mol. The van der Waals surface area contributed by atoms with Crippen LogP contribution in [0.4, 0.5) is 5.69 Å². The van der Waals surface area contributed by atoms with Crippen molar-refractivity contribution in [2.24, 2.45) is 5.14 Å². The highest BCUT2D eigenvalue weighted by Crippen LogP contribution is 2.34. The third kappa shape index (κ3) is 5.41. The van der Waals surface area contributed by atoms with E-state index in [0.29, 0.717) is 28.9 Å². The first kappa shape index (κ1) is 23.8. The first-order chi connectivity index (χ1) is 16.0. The second-order valence-corrected chi connectivity index (χ2v) is 9.60. The molecule has 2 aromatic rings. The Balaban J connectivity index is 1.50. The molecule has 0 aromatic heterocycles. The molecular formula is C25H33N5O2S. The maximum absolute atomic E-state index is 13.1. The van der Waals surface area contributed by atoms with Gasteiger partial charge in [0.25, 0.3) is 5.91 Å². The van der Waals surface area contributed by atoms with Crippen LogP contribution in [0.1, 0.15) is 53.6 Å². The Kier molecular flexibility index (Phi) is 7.70. The Hall–Kier alpha value is -2.39. The van der Waals surface area contributed by atoms with Gasteiger partial charge in [-0.3, -0.25) is 20.2 Å². The van der Waals surface area contributed by atoms with Gasteiger partial charge in [-0.15, -0.1) is 0 Å². The van der Waals surface area contributed by atoms with Crippen LogP contribution in [-0.4, -0.2) is 54.9 Å². The Bertz CT molecular complexity index is 1000. The van der Waals surface area contributed by atoms with Gasteiger partial charge in [-0.25, -0.2) is 0 Å². The number of nitrogens with zero attached hydrogens (tertiary/aromatic N) is 1. The van der Waals surface area contributed by atoms with E-state index >= 15 is 0 Å². The van der Waals surface area contributed by atoms with Crippen molar-refractivity contribution in [3.05, 3.63) is 59.2 Å². The minimum Gasteiger partial charge on any atom is -0.398 e. The van der Waals surface area contributed by atoms with Crippen LogP contribution in [0.3, 0.4) is 0 Å². The Morgan fingerprint density at radius 2 is 1.85 bits per heavy atom. The summed E-state index contributed by atoms with van der Waals surface area (Å²) in [7, 11) is 0. The first-order valence-electron chi connectivity index (χ1n) is 11.6. The van der Waals surface area contributed by atoms with Crippen LogP contribution in [-0.2, 0) is 4.74 Å². The highest BCUT2D eigenvalue weighted by molar-refractivity contribution is 7.97. The van der Waals surface area contributed by atoms with E-state index in [1.165, 1.54) is 19.3 Å². The quantitative estimate of drug-likeness (QED) is 0.282. The molecule has 7 nitrogen and oxygen atoms in total. The van der Waals surface area contributed by atoms with Crippen LogP contribution in [0.15, 0.2) is 47.4 Å². The van der Waals surface area contributed by atoms with Gasteiger partial charge in [0.05, 0.1) is 18.9 Å². The van der Waals surface area contributed by atoms with E-state index in [4.69, 9.17) is 21.0 Å². The van der Waals surface area contributed by atoms with Crippen LogP contribution in [0.5, 0.6) is 0 Å². The van der Waals surface area contributed by atoms with Gasteiger partial charge in [0.15, 0.2) is 0 Å². The van der Waals surface area contributed by atoms with Crippen LogP contribution in [0.2, 0.25) is 0 Å². The molecule has 1 saturated heterocycles. The van der Waals surface area contributed by atoms with E-state index in [9.17, 15) is 4.79 Å². The normalized spacial score (nSPS) is 18.6.